The van der Waals surface area contributed by atoms with Crippen LogP contribution in [0.5, 0.6) is 0 Å². The Kier molecular flexibility index (Phi) is 4.45. The summed E-state index contributed by atoms with van der Waals surface area (Å²) in [5, 5.41) is 12.7. The van der Waals surface area contributed by atoms with E-state index >= 15 is 0 Å². The molecule has 2 heterocycles. The van der Waals surface area contributed by atoms with Crippen molar-refractivity contribution in [3.63, 3.8) is 0 Å². The number of aryl methyl sites for hydroxylation is 1. The highest BCUT2D eigenvalue weighted by Crippen LogP contribution is 2.25. The Bertz CT molecular complexity index is 748. The summed E-state index contributed by atoms with van der Waals surface area (Å²) in [6.45, 7) is 0.211. The van der Waals surface area contributed by atoms with Crippen LogP contribution in [0.15, 0.2) is 28.7 Å². The van der Waals surface area contributed by atoms with Gasteiger partial charge in [-0.15, -0.1) is 11.3 Å². The lowest BCUT2D eigenvalue weighted by molar-refractivity contribution is -0.136. The van der Waals surface area contributed by atoms with Crippen molar-refractivity contribution < 1.29 is 18.3 Å². The van der Waals surface area contributed by atoms with Crippen molar-refractivity contribution in [3.05, 3.63) is 35.0 Å². The predicted octanol–water partition coefficient (Wildman–Crippen LogP) is 0.929. The maximum absolute atomic E-state index is 12.4. The van der Waals surface area contributed by atoms with Crippen LogP contribution in [0.1, 0.15) is 10.4 Å². The monoisotopic (exact) mass is 329 g/mol. The molecular formula is C12H15N3O4S2. The Labute approximate surface area is 126 Å². The second kappa shape index (κ2) is 5.96. The summed E-state index contributed by atoms with van der Waals surface area (Å²) in [4.78, 5) is 11.2. The number of carboxylic acid groups (broad SMARTS) is 1. The summed E-state index contributed by atoms with van der Waals surface area (Å²) in [6.07, 6.45) is 3.18. The van der Waals surface area contributed by atoms with E-state index in [1.807, 2.05) is 0 Å². The lowest BCUT2D eigenvalue weighted by Gasteiger charge is -2.14. The van der Waals surface area contributed by atoms with Gasteiger partial charge in [-0.05, 0) is 12.1 Å². The number of thiophene rings is 1. The van der Waals surface area contributed by atoms with Crippen LogP contribution in [0.4, 0.5) is 0 Å². The molecule has 0 atom stereocenters. The van der Waals surface area contributed by atoms with Gasteiger partial charge in [0.1, 0.15) is 4.21 Å². The minimum atomic E-state index is -3.62. The molecule has 0 radical (unpaired) electrons. The van der Waals surface area contributed by atoms with Crippen molar-refractivity contribution in [1.82, 2.24) is 14.1 Å². The zero-order valence-electron chi connectivity index (χ0n) is 11.6. The van der Waals surface area contributed by atoms with Gasteiger partial charge in [-0.3, -0.25) is 9.48 Å². The zero-order valence-corrected chi connectivity index (χ0v) is 13.2. The smallest absolute Gasteiger partial charge is 0.308 e. The normalized spacial score (nSPS) is 12.0. The molecule has 0 bridgehead atoms. The van der Waals surface area contributed by atoms with Crippen molar-refractivity contribution in [2.45, 2.75) is 17.2 Å². The highest BCUT2D eigenvalue weighted by atomic mass is 32.2. The number of aliphatic carboxylic acids is 1. The second-order valence-electron chi connectivity index (χ2n) is 4.57. The van der Waals surface area contributed by atoms with Crippen LogP contribution >= 0.6 is 11.3 Å². The first-order valence-corrected chi connectivity index (χ1v) is 8.29. The molecule has 2 aromatic heterocycles. The van der Waals surface area contributed by atoms with Crippen molar-refractivity contribution in [3.8, 4) is 0 Å². The average molecular weight is 329 g/mol. The number of sulfonamides is 1. The third-order valence-corrected chi connectivity index (χ3v) is 6.15. The van der Waals surface area contributed by atoms with Crippen LogP contribution in [0.25, 0.3) is 0 Å². The van der Waals surface area contributed by atoms with Crippen LogP contribution in [0.2, 0.25) is 0 Å². The summed E-state index contributed by atoms with van der Waals surface area (Å²) in [6, 6.07) is 2.97. The highest BCUT2D eigenvalue weighted by molar-refractivity contribution is 7.91. The fraction of sp³-hybridized carbons (Fsp3) is 0.333. The Hall–Kier alpha value is -1.71. The summed E-state index contributed by atoms with van der Waals surface area (Å²) >= 11 is 0.981. The Balaban J connectivity index is 2.16. The first-order valence-electron chi connectivity index (χ1n) is 6.03. The van der Waals surface area contributed by atoms with Gasteiger partial charge in [0.05, 0.1) is 12.6 Å². The van der Waals surface area contributed by atoms with E-state index in [1.165, 1.54) is 23.5 Å². The van der Waals surface area contributed by atoms with Crippen molar-refractivity contribution in [1.29, 1.82) is 0 Å². The van der Waals surface area contributed by atoms with Gasteiger partial charge in [0.15, 0.2) is 0 Å². The molecule has 0 aliphatic heterocycles. The molecule has 0 aromatic carbocycles. The molecule has 1 N–H and O–H groups in total. The largest absolute Gasteiger partial charge is 0.481 e. The number of aromatic nitrogens is 2. The summed E-state index contributed by atoms with van der Waals surface area (Å²) in [5.74, 6) is -0.982. The van der Waals surface area contributed by atoms with E-state index in [-0.39, 0.29) is 17.2 Å². The minimum Gasteiger partial charge on any atom is -0.481 e. The van der Waals surface area contributed by atoms with Crippen molar-refractivity contribution in [2.24, 2.45) is 7.05 Å². The Morgan fingerprint density at radius 2 is 2.19 bits per heavy atom. The molecule has 0 saturated heterocycles. The molecule has 0 aliphatic rings. The maximum atomic E-state index is 12.4. The molecule has 0 spiro atoms. The van der Waals surface area contributed by atoms with E-state index in [4.69, 9.17) is 5.11 Å². The number of hydrogen-bond donors (Lipinski definition) is 1. The molecule has 0 aliphatic carbocycles. The van der Waals surface area contributed by atoms with Gasteiger partial charge in [0.2, 0.25) is 0 Å². The lowest BCUT2D eigenvalue weighted by Crippen LogP contribution is -2.25. The molecule has 9 heteroatoms. The molecule has 2 rings (SSSR count). The fourth-order valence-electron chi connectivity index (χ4n) is 1.79. The number of hydrogen-bond acceptors (Lipinski definition) is 5. The van der Waals surface area contributed by atoms with E-state index in [0.29, 0.717) is 4.88 Å². The number of nitrogens with zero attached hydrogens (tertiary/aromatic N) is 3. The van der Waals surface area contributed by atoms with Crippen molar-refractivity contribution in [2.75, 3.05) is 7.05 Å². The van der Waals surface area contributed by atoms with Crippen LogP contribution in [0, 0.1) is 0 Å². The second-order valence-corrected chi connectivity index (χ2v) is 8.01. The quantitative estimate of drug-likeness (QED) is 0.851. The molecule has 0 fully saturated rings. The standard InChI is InChI=1S/C12H15N3O4S2/c1-14-7-9(6-13-14)8-15(2)21(18,19)12-4-3-10(20-12)5-11(16)17/h3-4,6-7H,5,8H2,1-2H3,(H,16,17). The van der Waals surface area contributed by atoms with Crippen LogP contribution in [0.3, 0.4) is 0 Å². The number of carboxylic acids is 1. The summed E-state index contributed by atoms with van der Waals surface area (Å²) in [7, 11) is -0.377. The van der Waals surface area contributed by atoms with Gasteiger partial charge in [-0.2, -0.15) is 9.40 Å². The van der Waals surface area contributed by atoms with Gasteiger partial charge in [0.25, 0.3) is 10.0 Å². The van der Waals surface area contributed by atoms with Gasteiger partial charge in [-0.1, -0.05) is 0 Å². The van der Waals surface area contributed by atoms with E-state index in [9.17, 15) is 13.2 Å². The third kappa shape index (κ3) is 3.69. The van der Waals surface area contributed by atoms with Crippen LogP contribution in [-0.4, -0.2) is 40.6 Å². The Morgan fingerprint density at radius 1 is 1.48 bits per heavy atom. The topological polar surface area (TPSA) is 92.5 Å². The van der Waals surface area contributed by atoms with Crippen LogP contribution in [-0.2, 0) is 34.8 Å². The molecule has 114 valence electrons. The van der Waals surface area contributed by atoms with Gasteiger partial charge in [0, 0.05) is 37.3 Å². The fourth-order valence-corrected chi connectivity index (χ4v) is 4.51. The lowest BCUT2D eigenvalue weighted by atomic mass is 10.3. The molecule has 21 heavy (non-hydrogen) atoms. The highest BCUT2D eigenvalue weighted by Gasteiger charge is 2.23. The first-order chi connectivity index (χ1) is 9.79. The predicted molar refractivity (Wildman–Crippen MR) is 77.5 cm³/mol. The average Bonchev–Trinajstić information content (AvgIpc) is 2.98. The third-order valence-electron chi connectivity index (χ3n) is 2.79. The first kappa shape index (κ1) is 15.7. The van der Waals surface area contributed by atoms with Gasteiger partial charge in [-0.25, -0.2) is 8.42 Å². The summed E-state index contributed by atoms with van der Waals surface area (Å²) < 4.78 is 27.8. The minimum absolute atomic E-state index is 0.144. The van der Waals surface area contributed by atoms with Crippen LogP contribution < -0.4 is 0 Å². The van der Waals surface area contributed by atoms with Gasteiger partial charge < -0.3 is 5.11 Å². The van der Waals surface area contributed by atoms with Gasteiger partial charge >= 0.3 is 5.97 Å². The van der Waals surface area contributed by atoms with E-state index in [1.54, 1.807) is 24.1 Å². The van der Waals surface area contributed by atoms with E-state index < -0.39 is 16.0 Å². The molecule has 0 unspecified atom stereocenters. The maximum Gasteiger partial charge on any atom is 0.308 e. The SMILES string of the molecule is CN(Cc1cnn(C)c1)S(=O)(=O)c1ccc(CC(=O)O)s1. The Morgan fingerprint density at radius 3 is 2.76 bits per heavy atom. The van der Waals surface area contributed by atoms with E-state index in [2.05, 4.69) is 5.10 Å². The number of rotatable bonds is 6. The van der Waals surface area contributed by atoms with Crippen molar-refractivity contribution >= 4 is 27.3 Å². The van der Waals surface area contributed by atoms with E-state index in [0.717, 1.165) is 16.9 Å². The molecule has 2 aromatic rings. The molecule has 0 amide bonds. The zero-order chi connectivity index (χ0) is 15.6. The molecule has 7 nitrogen and oxygen atoms in total. The molecule has 0 saturated carbocycles. The number of carbonyl (C=O) groups is 1. The molecular weight excluding hydrogens is 314 g/mol. The summed E-state index contributed by atoms with van der Waals surface area (Å²) in [5.41, 5.74) is 0.783.